The van der Waals surface area contributed by atoms with Crippen LogP contribution in [0, 0.1) is 6.92 Å². The molecule has 0 aromatic carbocycles. The number of hydrogen-bond donors (Lipinski definition) is 1. The summed E-state index contributed by atoms with van der Waals surface area (Å²) in [4.78, 5) is 37.0. The molecule has 3 aromatic rings. The first kappa shape index (κ1) is 21.1. The minimum atomic E-state index is -0.464. The normalized spacial score (nSPS) is 20.1. The van der Waals surface area contributed by atoms with E-state index in [1.807, 2.05) is 44.1 Å². The molecule has 1 amide bonds. The van der Waals surface area contributed by atoms with Gasteiger partial charge in [-0.1, -0.05) is 0 Å². The number of aryl methyl sites for hydroxylation is 2. The first-order valence-corrected chi connectivity index (χ1v) is 10.6. The SMILES string of the molecule is CCn1c(-c2cnc(C)nc2)nc2c(NC(C)C(=O)N3CC(C)OC(C)C3)ncnc21. The summed E-state index contributed by atoms with van der Waals surface area (Å²) in [5, 5.41) is 3.25. The molecule has 0 bridgehead atoms. The van der Waals surface area contributed by atoms with Gasteiger partial charge >= 0.3 is 0 Å². The molecular weight excluding hydrogens is 396 g/mol. The fourth-order valence-electron chi connectivity index (χ4n) is 3.97. The monoisotopic (exact) mass is 424 g/mol. The highest BCUT2D eigenvalue weighted by atomic mass is 16.5. The van der Waals surface area contributed by atoms with Gasteiger partial charge in [0.15, 0.2) is 17.0 Å². The zero-order valence-corrected chi connectivity index (χ0v) is 18.5. The molecule has 31 heavy (non-hydrogen) atoms. The maximum Gasteiger partial charge on any atom is 0.244 e. The number of hydrogen-bond acceptors (Lipinski definition) is 8. The Morgan fingerprint density at radius 2 is 1.87 bits per heavy atom. The Labute approximate surface area is 181 Å². The highest BCUT2D eigenvalue weighted by Crippen LogP contribution is 2.26. The largest absolute Gasteiger partial charge is 0.372 e. The molecule has 0 saturated carbocycles. The van der Waals surface area contributed by atoms with E-state index in [2.05, 4.69) is 25.3 Å². The van der Waals surface area contributed by atoms with E-state index in [-0.39, 0.29) is 18.1 Å². The fraction of sp³-hybridized carbons (Fsp3) is 0.524. The van der Waals surface area contributed by atoms with Crippen LogP contribution in [0.2, 0.25) is 0 Å². The summed E-state index contributed by atoms with van der Waals surface area (Å²) in [6.07, 6.45) is 5.03. The third-order valence-electron chi connectivity index (χ3n) is 5.34. The summed E-state index contributed by atoms with van der Waals surface area (Å²) in [6, 6.07) is -0.464. The Hall–Kier alpha value is -3.14. The van der Waals surface area contributed by atoms with Crippen LogP contribution in [0.5, 0.6) is 0 Å². The second-order valence-corrected chi connectivity index (χ2v) is 7.96. The van der Waals surface area contributed by atoms with Crippen molar-refractivity contribution in [2.45, 2.75) is 59.4 Å². The van der Waals surface area contributed by atoms with Crippen LogP contribution in [-0.2, 0) is 16.1 Å². The molecule has 1 saturated heterocycles. The van der Waals surface area contributed by atoms with Gasteiger partial charge in [0.05, 0.1) is 17.8 Å². The summed E-state index contributed by atoms with van der Waals surface area (Å²) in [5.74, 6) is 1.96. The molecule has 4 heterocycles. The van der Waals surface area contributed by atoms with Crippen molar-refractivity contribution in [1.82, 2.24) is 34.4 Å². The van der Waals surface area contributed by atoms with Crippen molar-refractivity contribution in [1.29, 1.82) is 0 Å². The summed E-state index contributed by atoms with van der Waals surface area (Å²) < 4.78 is 7.74. The van der Waals surface area contributed by atoms with Gasteiger partial charge in [0.1, 0.15) is 24.0 Å². The smallest absolute Gasteiger partial charge is 0.244 e. The van der Waals surface area contributed by atoms with E-state index in [1.165, 1.54) is 6.33 Å². The number of fused-ring (bicyclic) bond motifs is 1. The number of morpholine rings is 1. The molecule has 164 valence electrons. The van der Waals surface area contributed by atoms with Crippen LogP contribution in [0.1, 0.15) is 33.5 Å². The Morgan fingerprint density at radius 3 is 2.52 bits per heavy atom. The molecule has 1 aliphatic rings. The first-order valence-electron chi connectivity index (χ1n) is 10.6. The number of anilines is 1. The predicted octanol–water partition coefficient (Wildman–Crippen LogP) is 2.05. The third kappa shape index (κ3) is 4.20. The second kappa shape index (κ2) is 8.54. The number of nitrogens with zero attached hydrogens (tertiary/aromatic N) is 7. The predicted molar refractivity (Wildman–Crippen MR) is 116 cm³/mol. The van der Waals surface area contributed by atoms with Gasteiger partial charge in [0.25, 0.3) is 0 Å². The van der Waals surface area contributed by atoms with Crippen LogP contribution < -0.4 is 5.32 Å². The van der Waals surface area contributed by atoms with E-state index in [0.717, 1.165) is 11.4 Å². The third-order valence-corrected chi connectivity index (χ3v) is 5.34. The van der Waals surface area contributed by atoms with E-state index in [1.54, 1.807) is 12.4 Å². The highest BCUT2D eigenvalue weighted by molar-refractivity contribution is 5.90. The number of carbonyl (C=O) groups is 1. The summed E-state index contributed by atoms with van der Waals surface area (Å²) in [5.41, 5.74) is 2.11. The Kier molecular flexibility index (Phi) is 5.81. The van der Waals surface area contributed by atoms with Crippen LogP contribution in [0.25, 0.3) is 22.6 Å². The Morgan fingerprint density at radius 1 is 1.19 bits per heavy atom. The summed E-state index contributed by atoms with van der Waals surface area (Å²) >= 11 is 0. The van der Waals surface area contributed by atoms with Crippen molar-refractivity contribution in [2.75, 3.05) is 18.4 Å². The molecule has 1 fully saturated rings. The number of imidazole rings is 1. The number of ether oxygens (including phenoxy) is 1. The minimum absolute atomic E-state index is 0.0100. The standard InChI is InChI=1S/C21H28N8O2/c1-6-29-19(16-7-22-15(5)23-8-16)27-17-18(24-11-25-20(17)29)26-14(4)21(30)28-9-12(2)31-13(3)10-28/h7-8,11-14H,6,9-10H2,1-5H3,(H,24,25,26). The van der Waals surface area contributed by atoms with E-state index < -0.39 is 6.04 Å². The fourth-order valence-corrected chi connectivity index (χ4v) is 3.97. The maximum atomic E-state index is 13.0. The van der Waals surface area contributed by atoms with E-state index in [9.17, 15) is 4.79 Å². The molecule has 4 rings (SSSR count). The second-order valence-electron chi connectivity index (χ2n) is 7.96. The van der Waals surface area contributed by atoms with Gasteiger partial charge < -0.3 is 19.5 Å². The first-order chi connectivity index (χ1) is 14.9. The van der Waals surface area contributed by atoms with Crippen molar-refractivity contribution in [2.24, 2.45) is 0 Å². The van der Waals surface area contributed by atoms with E-state index in [4.69, 9.17) is 9.72 Å². The van der Waals surface area contributed by atoms with Crippen LogP contribution >= 0.6 is 0 Å². The lowest BCUT2D eigenvalue weighted by Gasteiger charge is -2.36. The lowest BCUT2D eigenvalue weighted by Crippen LogP contribution is -2.52. The van der Waals surface area contributed by atoms with Gasteiger partial charge in [-0.2, -0.15) is 0 Å². The number of nitrogens with one attached hydrogen (secondary N) is 1. The molecule has 3 aromatic heterocycles. The van der Waals surface area contributed by atoms with Crippen LogP contribution in [0.4, 0.5) is 5.82 Å². The lowest BCUT2D eigenvalue weighted by atomic mass is 10.2. The Bertz CT molecular complexity index is 1070. The number of amides is 1. The van der Waals surface area contributed by atoms with Crippen LogP contribution in [0.3, 0.4) is 0 Å². The average Bonchev–Trinajstić information content (AvgIpc) is 3.12. The van der Waals surface area contributed by atoms with Crippen molar-refractivity contribution in [3.05, 3.63) is 24.5 Å². The van der Waals surface area contributed by atoms with Gasteiger partial charge in [-0.05, 0) is 34.6 Å². The molecular formula is C21H28N8O2. The number of aromatic nitrogens is 6. The zero-order chi connectivity index (χ0) is 22.1. The van der Waals surface area contributed by atoms with Crippen LogP contribution in [-0.4, -0.2) is 71.6 Å². The molecule has 0 aliphatic carbocycles. The molecule has 10 heteroatoms. The van der Waals surface area contributed by atoms with Gasteiger partial charge in [-0.15, -0.1) is 0 Å². The molecule has 3 unspecified atom stereocenters. The molecule has 3 atom stereocenters. The summed E-state index contributed by atoms with van der Waals surface area (Å²) in [6.45, 7) is 11.5. The van der Waals surface area contributed by atoms with Crippen molar-refractivity contribution < 1.29 is 9.53 Å². The van der Waals surface area contributed by atoms with Gasteiger partial charge in [-0.3, -0.25) is 4.79 Å². The van der Waals surface area contributed by atoms with Gasteiger partial charge in [0, 0.05) is 32.0 Å². The zero-order valence-electron chi connectivity index (χ0n) is 18.5. The van der Waals surface area contributed by atoms with E-state index in [0.29, 0.717) is 42.4 Å². The number of carbonyl (C=O) groups excluding carboxylic acids is 1. The van der Waals surface area contributed by atoms with Gasteiger partial charge in [-0.25, -0.2) is 24.9 Å². The molecule has 1 aliphatic heterocycles. The summed E-state index contributed by atoms with van der Waals surface area (Å²) in [7, 11) is 0. The maximum absolute atomic E-state index is 13.0. The highest BCUT2D eigenvalue weighted by Gasteiger charge is 2.29. The molecule has 0 spiro atoms. The minimum Gasteiger partial charge on any atom is -0.372 e. The lowest BCUT2D eigenvalue weighted by molar-refractivity contribution is -0.143. The van der Waals surface area contributed by atoms with Crippen molar-refractivity contribution >= 4 is 22.9 Å². The van der Waals surface area contributed by atoms with Crippen molar-refractivity contribution in [3.63, 3.8) is 0 Å². The molecule has 1 N–H and O–H groups in total. The van der Waals surface area contributed by atoms with Crippen molar-refractivity contribution in [3.8, 4) is 11.4 Å². The topological polar surface area (TPSA) is 111 Å². The van der Waals surface area contributed by atoms with Gasteiger partial charge in [0.2, 0.25) is 5.91 Å². The average molecular weight is 425 g/mol. The quantitative estimate of drug-likeness (QED) is 0.662. The van der Waals surface area contributed by atoms with E-state index >= 15 is 0 Å². The number of rotatable bonds is 5. The molecule has 10 nitrogen and oxygen atoms in total. The Balaban J connectivity index is 1.63. The molecule has 0 radical (unpaired) electrons. The van der Waals surface area contributed by atoms with Crippen LogP contribution in [0.15, 0.2) is 18.7 Å².